The van der Waals surface area contributed by atoms with Gasteiger partial charge in [0.05, 0.1) is 0 Å². The SMILES string of the molecule is Fc1cc(F)c2ncnc(NCc3ccc(-c4ccccc4)cc3)c2c1. The maximum absolute atomic E-state index is 13.8. The summed E-state index contributed by atoms with van der Waals surface area (Å²) < 4.78 is 27.4. The van der Waals surface area contributed by atoms with E-state index in [-0.39, 0.29) is 5.52 Å². The monoisotopic (exact) mass is 347 g/mol. The summed E-state index contributed by atoms with van der Waals surface area (Å²) in [5, 5.41) is 3.46. The molecule has 0 saturated heterocycles. The molecule has 128 valence electrons. The quantitative estimate of drug-likeness (QED) is 0.552. The summed E-state index contributed by atoms with van der Waals surface area (Å²) in [6.45, 7) is 0.485. The summed E-state index contributed by atoms with van der Waals surface area (Å²) in [6, 6.07) is 20.3. The number of nitrogens with one attached hydrogen (secondary N) is 1. The molecule has 0 spiro atoms. The molecule has 0 unspecified atom stereocenters. The number of hydrogen-bond acceptors (Lipinski definition) is 3. The Kier molecular flexibility index (Phi) is 4.27. The fourth-order valence-corrected chi connectivity index (χ4v) is 2.86. The zero-order valence-corrected chi connectivity index (χ0v) is 13.8. The van der Waals surface area contributed by atoms with E-state index in [1.165, 1.54) is 12.4 Å². The van der Waals surface area contributed by atoms with E-state index in [9.17, 15) is 8.78 Å². The maximum atomic E-state index is 13.8. The summed E-state index contributed by atoms with van der Waals surface area (Å²) in [7, 11) is 0. The van der Waals surface area contributed by atoms with Crippen LogP contribution in [0, 0.1) is 11.6 Å². The predicted molar refractivity (Wildman–Crippen MR) is 98.7 cm³/mol. The third-order valence-corrected chi connectivity index (χ3v) is 4.18. The minimum atomic E-state index is -0.697. The Morgan fingerprint density at radius 3 is 2.31 bits per heavy atom. The predicted octanol–water partition coefficient (Wildman–Crippen LogP) is 5.19. The topological polar surface area (TPSA) is 37.8 Å². The van der Waals surface area contributed by atoms with Crippen molar-refractivity contribution >= 4 is 16.7 Å². The molecule has 0 radical (unpaired) electrons. The van der Waals surface area contributed by atoms with Crippen LogP contribution in [-0.2, 0) is 6.54 Å². The van der Waals surface area contributed by atoms with E-state index in [0.29, 0.717) is 17.7 Å². The lowest BCUT2D eigenvalue weighted by atomic mass is 10.0. The minimum Gasteiger partial charge on any atom is -0.365 e. The molecule has 0 fully saturated rings. The first-order chi connectivity index (χ1) is 12.7. The fourth-order valence-electron chi connectivity index (χ4n) is 2.86. The number of anilines is 1. The van der Waals surface area contributed by atoms with Gasteiger partial charge in [0.25, 0.3) is 0 Å². The van der Waals surface area contributed by atoms with Gasteiger partial charge in [-0.15, -0.1) is 0 Å². The van der Waals surface area contributed by atoms with Gasteiger partial charge in [0.1, 0.15) is 23.5 Å². The van der Waals surface area contributed by atoms with Crippen LogP contribution in [0.15, 0.2) is 73.1 Å². The van der Waals surface area contributed by atoms with Crippen LogP contribution in [0.4, 0.5) is 14.6 Å². The molecule has 0 atom stereocenters. The van der Waals surface area contributed by atoms with E-state index in [1.807, 2.05) is 42.5 Å². The highest BCUT2D eigenvalue weighted by molar-refractivity contribution is 5.89. The molecular weight excluding hydrogens is 332 g/mol. The van der Waals surface area contributed by atoms with Crippen molar-refractivity contribution in [2.45, 2.75) is 6.54 Å². The van der Waals surface area contributed by atoms with E-state index < -0.39 is 11.6 Å². The molecule has 0 saturated carbocycles. The highest BCUT2D eigenvalue weighted by atomic mass is 19.1. The van der Waals surface area contributed by atoms with Crippen molar-refractivity contribution in [3.05, 3.63) is 90.3 Å². The van der Waals surface area contributed by atoms with Crippen LogP contribution in [0.3, 0.4) is 0 Å². The van der Waals surface area contributed by atoms with Gasteiger partial charge in [-0.05, 0) is 22.8 Å². The lowest BCUT2D eigenvalue weighted by Gasteiger charge is -2.10. The van der Waals surface area contributed by atoms with Gasteiger partial charge in [-0.25, -0.2) is 18.7 Å². The zero-order chi connectivity index (χ0) is 17.9. The highest BCUT2D eigenvalue weighted by Gasteiger charge is 2.10. The average molecular weight is 347 g/mol. The van der Waals surface area contributed by atoms with Crippen molar-refractivity contribution in [2.24, 2.45) is 0 Å². The van der Waals surface area contributed by atoms with Gasteiger partial charge in [-0.1, -0.05) is 54.6 Å². The molecule has 1 N–H and O–H groups in total. The molecule has 1 aromatic heterocycles. The summed E-state index contributed by atoms with van der Waals surface area (Å²) in [5.41, 5.74) is 3.42. The van der Waals surface area contributed by atoms with Crippen LogP contribution in [0.25, 0.3) is 22.0 Å². The van der Waals surface area contributed by atoms with E-state index >= 15 is 0 Å². The molecule has 4 rings (SSSR count). The number of rotatable bonds is 4. The molecule has 0 bridgehead atoms. The zero-order valence-electron chi connectivity index (χ0n) is 13.8. The van der Waals surface area contributed by atoms with Crippen molar-refractivity contribution in [3.8, 4) is 11.1 Å². The average Bonchev–Trinajstić information content (AvgIpc) is 2.67. The molecule has 0 aliphatic carbocycles. The number of fused-ring (bicyclic) bond motifs is 1. The van der Waals surface area contributed by atoms with Gasteiger partial charge in [-0.3, -0.25) is 0 Å². The number of nitrogens with zero attached hydrogens (tertiary/aromatic N) is 2. The van der Waals surface area contributed by atoms with Crippen molar-refractivity contribution in [1.29, 1.82) is 0 Å². The number of benzene rings is 3. The molecule has 4 aromatic rings. The van der Waals surface area contributed by atoms with Crippen molar-refractivity contribution < 1.29 is 8.78 Å². The number of aromatic nitrogens is 2. The Hall–Kier alpha value is -3.34. The first-order valence-electron chi connectivity index (χ1n) is 8.19. The Balaban J connectivity index is 1.55. The Labute approximate surface area is 149 Å². The van der Waals surface area contributed by atoms with Crippen LogP contribution < -0.4 is 5.32 Å². The Morgan fingerprint density at radius 2 is 1.54 bits per heavy atom. The largest absolute Gasteiger partial charge is 0.365 e. The Bertz CT molecular complexity index is 1050. The van der Waals surface area contributed by atoms with Gasteiger partial charge in [0.15, 0.2) is 5.82 Å². The molecule has 3 aromatic carbocycles. The van der Waals surface area contributed by atoms with Crippen LogP contribution in [0.5, 0.6) is 0 Å². The summed E-state index contributed by atoms with van der Waals surface area (Å²) >= 11 is 0. The van der Waals surface area contributed by atoms with Crippen LogP contribution >= 0.6 is 0 Å². The van der Waals surface area contributed by atoms with Gasteiger partial charge in [0, 0.05) is 18.0 Å². The second-order valence-electron chi connectivity index (χ2n) is 5.92. The minimum absolute atomic E-state index is 0.100. The van der Waals surface area contributed by atoms with Crippen molar-refractivity contribution in [1.82, 2.24) is 9.97 Å². The van der Waals surface area contributed by atoms with E-state index in [2.05, 4.69) is 27.4 Å². The van der Waals surface area contributed by atoms with Crippen LogP contribution in [0.2, 0.25) is 0 Å². The lowest BCUT2D eigenvalue weighted by Crippen LogP contribution is -2.03. The van der Waals surface area contributed by atoms with Gasteiger partial charge < -0.3 is 5.32 Å². The summed E-state index contributed by atoms with van der Waals surface area (Å²) in [5.74, 6) is -0.946. The van der Waals surface area contributed by atoms with Gasteiger partial charge in [0.2, 0.25) is 0 Å². The molecule has 0 aliphatic rings. The first kappa shape index (κ1) is 16.1. The first-order valence-corrected chi connectivity index (χ1v) is 8.19. The molecular formula is C21H15F2N3. The van der Waals surface area contributed by atoms with Gasteiger partial charge >= 0.3 is 0 Å². The third-order valence-electron chi connectivity index (χ3n) is 4.18. The van der Waals surface area contributed by atoms with Crippen LogP contribution in [0.1, 0.15) is 5.56 Å². The van der Waals surface area contributed by atoms with E-state index in [1.54, 1.807) is 0 Å². The van der Waals surface area contributed by atoms with Crippen molar-refractivity contribution in [3.63, 3.8) is 0 Å². The summed E-state index contributed by atoms with van der Waals surface area (Å²) in [6.07, 6.45) is 1.27. The van der Waals surface area contributed by atoms with E-state index in [4.69, 9.17) is 0 Å². The lowest BCUT2D eigenvalue weighted by molar-refractivity contribution is 0.590. The molecule has 3 nitrogen and oxygen atoms in total. The molecule has 0 amide bonds. The van der Waals surface area contributed by atoms with E-state index in [0.717, 1.165) is 22.8 Å². The maximum Gasteiger partial charge on any atom is 0.152 e. The molecule has 5 heteroatoms. The smallest absolute Gasteiger partial charge is 0.152 e. The Morgan fingerprint density at radius 1 is 0.808 bits per heavy atom. The molecule has 26 heavy (non-hydrogen) atoms. The number of halogens is 2. The van der Waals surface area contributed by atoms with Crippen LogP contribution in [-0.4, -0.2) is 9.97 Å². The molecule has 0 aliphatic heterocycles. The second kappa shape index (κ2) is 6.88. The number of hydrogen-bond donors (Lipinski definition) is 1. The normalized spacial score (nSPS) is 10.8. The highest BCUT2D eigenvalue weighted by Crippen LogP contribution is 2.24. The van der Waals surface area contributed by atoms with Crippen molar-refractivity contribution in [2.75, 3.05) is 5.32 Å². The third kappa shape index (κ3) is 3.24. The summed E-state index contributed by atoms with van der Waals surface area (Å²) in [4.78, 5) is 8.00. The fraction of sp³-hybridized carbons (Fsp3) is 0.0476. The second-order valence-corrected chi connectivity index (χ2v) is 5.92. The standard InChI is InChI=1S/C21H15F2N3/c22-17-10-18-20(19(23)11-17)25-13-26-21(18)24-12-14-6-8-16(9-7-14)15-4-2-1-3-5-15/h1-11,13H,12H2,(H,24,25,26). The molecule has 1 heterocycles. The van der Waals surface area contributed by atoms with Gasteiger partial charge in [-0.2, -0.15) is 0 Å².